The van der Waals surface area contributed by atoms with E-state index in [1.165, 1.54) is 6.08 Å². The van der Waals surface area contributed by atoms with E-state index in [9.17, 15) is 28.8 Å². The van der Waals surface area contributed by atoms with E-state index in [1.807, 2.05) is 13.8 Å². The highest BCUT2D eigenvalue weighted by atomic mass is 16.6. The minimum absolute atomic E-state index is 0.0853. The number of benzene rings is 5. The van der Waals surface area contributed by atoms with Gasteiger partial charge in [-0.25, -0.2) is 19.2 Å². The first-order chi connectivity index (χ1) is 43.1. The lowest BCUT2D eigenvalue weighted by Gasteiger charge is -2.33. The van der Waals surface area contributed by atoms with Crippen molar-refractivity contribution in [2.24, 2.45) is 22.7 Å². The largest absolute Gasteiger partial charge is 0.497 e. The van der Waals surface area contributed by atoms with Crippen molar-refractivity contribution in [1.82, 2.24) is 0 Å². The first-order valence-electron chi connectivity index (χ1n) is 30.4. The lowest BCUT2D eigenvalue weighted by Crippen LogP contribution is -2.38. The average Bonchev–Trinajstić information content (AvgIpc) is 2.24. The smallest absolute Gasteiger partial charge is 0.343 e. The predicted octanol–water partition coefficient (Wildman–Crippen LogP) is 13.6. The Hall–Kier alpha value is -9.46. The highest BCUT2D eigenvalue weighted by molar-refractivity contribution is 5.93. The summed E-state index contributed by atoms with van der Waals surface area (Å²) in [5.41, 5.74) is 0.0966. The Morgan fingerprint density at radius 3 is 1.46 bits per heavy atom. The van der Waals surface area contributed by atoms with Crippen LogP contribution in [-0.4, -0.2) is 81.6 Å². The van der Waals surface area contributed by atoms with Gasteiger partial charge in [-0.05, 0) is 243 Å². The second-order valence-corrected chi connectivity index (χ2v) is 22.8. The van der Waals surface area contributed by atoms with Crippen LogP contribution in [0.15, 0.2) is 127 Å². The Balaban J connectivity index is 0.699. The van der Waals surface area contributed by atoms with Gasteiger partial charge in [0.15, 0.2) is 0 Å². The number of hydrogen-bond donors (Lipinski definition) is 0. The zero-order valence-electron chi connectivity index (χ0n) is 51.3. The number of carbonyl (C=O) groups excluding carboxylic acids is 6. The maximum absolute atomic E-state index is 13.3. The first-order valence-corrected chi connectivity index (χ1v) is 30.4. The summed E-state index contributed by atoms with van der Waals surface area (Å²) in [6, 6.07) is 33.5. The second-order valence-electron chi connectivity index (χ2n) is 22.8. The van der Waals surface area contributed by atoms with Crippen molar-refractivity contribution < 1.29 is 76.1 Å². The van der Waals surface area contributed by atoms with Gasteiger partial charge in [-0.2, -0.15) is 0 Å². The summed E-state index contributed by atoms with van der Waals surface area (Å²) in [5, 5.41) is 0. The molecule has 16 nitrogen and oxygen atoms in total. The standard InChI is InChI=1S/C73H78O16/c1-7-9-10-15-46-81-57-29-20-52(21-30-57)22-45-66(74)88-64-43-41-63-62(64)42-44-65(63)89-69(77)55-27-35-60(36-28-55)86-67(75)53-23-31-58(32-24-53)82-47-16-11-13-18-49-84-70(78)72(3,4)51-73(5,8-2)71(79)85-50-19-14-12-17-48-83-59-33-25-54(26-34-59)68(76)87-61-39-37-56(80-6)38-40-61/h1,20-40,45,62-65H,8,11-14,16-19,41-44,47-51H2,2-6H3/b45-22+. The molecule has 5 aromatic rings. The zero-order chi connectivity index (χ0) is 63.4. The van der Waals surface area contributed by atoms with Crippen LogP contribution in [0.5, 0.6) is 34.5 Å². The molecule has 7 rings (SSSR count). The number of rotatable bonds is 32. The molecular formula is C73H78O16. The third kappa shape index (κ3) is 21.1. The number of esters is 6. The van der Waals surface area contributed by atoms with Crippen LogP contribution in [0.3, 0.4) is 0 Å². The molecule has 2 saturated carbocycles. The zero-order valence-corrected chi connectivity index (χ0v) is 51.3. The molecule has 2 aliphatic carbocycles. The summed E-state index contributed by atoms with van der Waals surface area (Å²) in [7, 11) is 1.57. The third-order valence-corrected chi connectivity index (χ3v) is 15.8. The lowest BCUT2D eigenvalue weighted by molar-refractivity contribution is -0.163. The van der Waals surface area contributed by atoms with Gasteiger partial charge < -0.3 is 47.4 Å². The number of methoxy groups -OCH3 is 1. The molecule has 466 valence electrons. The van der Waals surface area contributed by atoms with Crippen LogP contribution in [0.2, 0.25) is 0 Å². The van der Waals surface area contributed by atoms with Gasteiger partial charge in [-0.1, -0.05) is 19.1 Å². The van der Waals surface area contributed by atoms with Crippen LogP contribution in [0, 0.1) is 58.9 Å². The van der Waals surface area contributed by atoms with Crippen LogP contribution in [0.25, 0.3) is 6.08 Å². The summed E-state index contributed by atoms with van der Waals surface area (Å²) >= 11 is 0. The van der Waals surface area contributed by atoms with Gasteiger partial charge in [-0.3, -0.25) is 9.59 Å². The minimum atomic E-state index is -0.897. The molecule has 0 N–H and O–H groups in total. The van der Waals surface area contributed by atoms with E-state index in [0.29, 0.717) is 104 Å². The molecule has 0 saturated heterocycles. The molecular weight excluding hydrogens is 1130 g/mol. The van der Waals surface area contributed by atoms with Crippen molar-refractivity contribution in [1.29, 1.82) is 0 Å². The number of ether oxygens (including phenoxy) is 10. The lowest BCUT2D eigenvalue weighted by atomic mass is 9.72. The number of fused-ring (bicyclic) bond motifs is 1. The van der Waals surface area contributed by atoms with Gasteiger partial charge in [0.1, 0.15) is 52.8 Å². The molecule has 0 amide bonds. The van der Waals surface area contributed by atoms with Crippen LogP contribution in [0.1, 0.15) is 154 Å². The minimum Gasteiger partial charge on any atom is -0.497 e. The number of hydrogen-bond acceptors (Lipinski definition) is 16. The van der Waals surface area contributed by atoms with Gasteiger partial charge >= 0.3 is 35.8 Å². The quantitative estimate of drug-likeness (QED) is 0.00984. The SMILES string of the molecule is C#CC#CC#COc1ccc(/C=C/C(=O)OC2CCC3C(OC(=O)c4ccc(OC(=O)c5ccc(OCCCCCCOC(=O)C(C)(C)CC(C)(CC)C(=O)OCCCCCCOc6ccc(C(=O)Oc7ccc(OC)cc7)cc6)cc5)cc4)CCC23)cc1. The molecule has 0 heterocycles. The summed E-state index contributed by atoms with van der Waals surface area (Å²) in [5.74, 6) is 10.2. The fraction of sp³-hybridized carbons (Fsp3) is 0.397. The van der Waals surface area contributed by atoms with E-state index >= 15 is 0 Å². The van der Waals surface area contributed by atoms with Crippen LogP contribution >= 0.6 is 0 Å². The Labute approximate surface area is 522 Å². The summed E-state index contributed by atoms with van der Waals surface area (Å²) in [6.07, 6.45) is 20.2. The molecule has 0 radical (unpaired) electrons. The van der Waals surface area contributed by atoms with Crippen molar-refractivity contribution in [3.05, 3.63) is 150 Å². The summed E-state index contributed by atoms with van der Waals surface area (Å²) < 4.78 is 56.4. The van der Waals surface area contributed by atoms with Crippen LogP contribution in [0.4, 0.5) is 0 Å². The molecule has 0 spiro atoms. The van der Waals surface area contributed by atoms with Crippen molar-refractivity contribution in [2.45, 2.75) is 130 Å². The molecule has 5 unspecified atom stereocenters. The van der Waals surface area contributed by atoms with Crippen LogP contribution < -0.4 is 28.4 Å². The predicted molar refractivity (Wildman–Crippen MR) is 334 cm³/mol. The molecule has 2 aliphatic rings. The number of carbonyl (C=O) groups is 6. The molecule has 0 bridgehead atoms. The Morgan fingerprint density at radius 2 is 0.955 bits per heavy atom. The van der Waals surface area contributed by atoms with Crippen molar-refractivity contribution in [3.63, 3.8) is 0 Å². The number of terminal acetylenes is 1. The Bertz CT molecular complexity index is 3350. The highest BCUT2D eigenvalue weighted by Crippen LogP contribution is 2.47. The van der Waals surface area contributed by atoms with Crippen molar-refractivity contribution in [2.75, 3.05) is 33.5 Å². The third-order valence-electron chi connectivity index (χ3n) is 15.8. The second kappa shape index (κ2) is 34.2. The van der Waals surface area contributed by atoms with E-state index in [0.717, 1.165) is 56.9 Å². The molecule has 0 aliphatic heterocycles. The molecule has 5 atom stereocenters. The Morgan fingerprint density at radius 1 is 0.506 bits per heavy atom. The Kier molecular flexibility index (Phi) is 25.8. The maximum atomic E-state index is 13.3. The van der Waals surface area contributed by atoms with Gasteiger partial charge in [0, 0.05) is 29.8 Å². The highest BCUT2D eigenvalue weighted by Gasteiger charge is 2.48. The number of unbranched alkanes of at least 4 members (excludes halogenated alkanes) is 6. The van der Waals surface area contributed by atoms with Gasteiger partial charge in [0.2, 0.25) is 0 Å². The fourth-order valence-electron chi connectivity index (χ4n) is 10.8. The molecule has 5 aromatic carbocycles. The van der Waals surface area contributed by atoms with E-state index in [4.69, 9.17) is 53.8 Å². The van der Waals surface area contributed by atoms with Gasteiger partial charge in [0.25, 0.3) is 0 Å². The molecule has 0 aromatic heterocycles. The van der Waals surface area contributed by atoms with E-state index in [1.54, 1.807) is 148 Å². The molecule has 16 heteroatoms. The van der Waals surface area contributed by atoms with E-state index in [-0.39, 0.29) is 48.3 Å². The molecule has 89 heavy (non-hydrogen) atoms. The van der Waals surface area contributed by atoms with Crippen LogP contribution in [-0.2, 0) is 33.3 Å². The summed E-state index contributed by atoms with van der Waals surface area (Å²) in [6.45, 7) is 8.92. The van der Waals surface area contributed by atoms with Crippen molar-refractivity contribution in [3.8, 4) is 70.7 Å². The topological polar surface area (TPSA) is 195 Å². The van der Waals surface area contributed by atoms with Crippen molar-refractivity contribution >= 4 is 41.9 Å². The monoisotopic (exact) mass is 1210 g/mol. The van der Waals surface area contributed by atoms with Gasteiger partial charge in [0.05, 0.1) is 61.1 Å². The average molecular weight is 1210 g/mol. The first kappa shape index (κ1) is 67.1. The van der Waals surface area contributed by atoms with E-state index in [2.05, 4.69) is 29.8 Å². The van der Waals surface area contributed by atoms with Gasteiger partial charge in [-0.15, -0.1) is 6.42 Å². The summed E-state index contributed by atoms with van der Waals surface area (Å²) in [4.78, 5) is 78.1. The van der Waals surface area contributed by atoms with E-state index < -0.39 is 34.7 Å². The normalized spacial score (nSPS) is 16.3. The maximum Gasteiger partial charge on any atom is 0.343 e. The fourth-order valence-corrected chi connectivity index (χ4v) is 10.8. The molecule has 2 fully saturated rings.